The molecule has 0 aliphatic heterocycles. The molecule has 0 bridgehead atoms. The van der Waals surface area contributed by atoms with Gasteiger partial charge in [0.15, 0.2) is 0 Å². The van der Waals surface area contributed by atoms with Crippen LogP contribution in [0.5, 0.6) is 0 Å². The Labute approximate surface area is 102 Å². The summed E-state index contributed by atoms with van der Waals surface area (Å²) >= 11 is 0. The zero-order chi connectivity index (χ0) is 12.3. The van der Waals surface area contributed by atoms with Gasteiger partial charge in [0.25, 0.3) is 0 Å². The lowest BCUT2D eigenvalue weighted by Gasteiger charge is -2.20. The molecule has 1 aromatic carbocycles. The second kappa shape index (κ2) is 5.28. The van der Waals surface area contributed by atoms with Crippen molar-refractivity contribution in [3.8, 4) is 0 Å². The third-order valence-electron chi connectivity index (χ3n) is 3.28. The Balaban J connectivity index is 2.41. The molecule has 2 heteroatoms. The van der Waals surface area contributed by atoms with Crippen molar-refractivity contribution < 1.29 is 5.11 Å². The molecule has 1 N–H and O–H groups in total. The van der Waals surface area contributed by atoms with E-state index in [9.17, 15) is 5.11 Å². The van der Waals surface area contributed by atoms with Crippen LogP contribution in [0.3, 0.4) is 0 Å². The van der Waals surface area contributed by atoms with Gasteiger partial charge >= 0.3 is 0 Å². The minimum Gasteiger partial charge on any atom is -0.388 e. The molecular weight excluding hydrogens is 210 g/mol. The third-order valence-corrected chi connectivity index (χ3v) is 3.28. The highest BCUT2D eigenvalue weighted by atomic mass is 16.3. The zero-order valence-electron chi connectivity index (χ0n) is 10.4. The number of benzene rings is 1. The molecule has 0 saturated heterocycles. The molecule has 0 aliphatic rings. The largest absolute Gasteiger partial charge is 0.388 e. The maximum Gasteiger partial charge on any atom is 0.0822 e. The predicted molar refractivity (Wildman–Crippen MR) is 70.8 cm³/mol. The van der Waals surface area contributed by atoms with E-state index in [2.05, 4.69) is 18.8 Å². The van der Waals surface area contributed by atoms with Gasteiger partial charge in [-0.3, -0.25) is 4.98 Å². The molecule has 2 atom stereocenters. The van der Waals surface area contributed by atoms with Crippen LogP contribution in [0.2, 0.25) is 0 Å². The van der Waals surface area contributed by atoms with Crippen LogP contribution in [0.25, 0.3) is 10.9 Å². The molecule has 1 aromatic heterocycles. The highest BCUT2D eigenvalue weighted by molar-refractivity contribution is 5.82. The molecule has 0 saturated carbocycles. The summed E-state index contributed by atoms with van der Waals surface area (Å²) in [7, 11) is 0. The standard InChI is InChI=1S/C15H19NO/c1-3-6-11(2)15(17)13-7-4-9-14-12(13)8-5-10-16-14/h4-5,7-11,15,17H,3,6H2,1-2H3. The SMILES string of the molecule is CCCC(C)C(O)c1cccc2ncccc12. The summed E-state index contributed by atoms with van der Waals surface area (Å²) in [6.45, 7) is 4.25. The first-order valence-corrected chi connectivity index (χ1v) is 6.25. The summed E-state index contributed by atoms with van der Waals surface area (Å²) in [5, 5.41) is 11.5. The number of fused-ring (bicyclic) bond motifs is 1. The lowest BCUT2D eigenvalue weighted by atomic mass is 9.91. The molecule has 2 nitrogen and oxygen atoms in total. The molecule has 1 heterocycles. The first-order valence-electron chi connectivity index (χ1n) is 6.25. The van der Waals surface area contributed by atoms with Gasteiger partial charge < -0.3 is 5.11 Å². The third kappa shape index (κ3) is 2.47. The zero-order valence-corrected chi connectivity index (χ0v) is 10.4. The molecule has 0 aliphatic carbocycles. The predicted octanol–water partition coefficient (Wildman–Crippen LogP) is 3.70. The van der Waals surface area contributed by atoms with Crippen LogP contribution in [0.15, 0.2) is 36.5 Å². The first-order chi connectivity index (χ1) is 8.24. The molecule has 0 radical (unpaired) electrons. The van der Waals surface area contributed by atoms with E-state index in [1.165, 1.54) is 0 Å². The van der Waals surface area contributed by atoms with E-state index >= 15 is 0 Å². The maximum atomic E-state index is 10.4. The van der Waals surface area contributed by atoms with Gasteiger partial charge in [0.2, 0.25) is 0 Å². The minimum absolute atomic E-state index is 0.283. The van der Waals surface area contributed by atoms with Crippen molar-refractivity contribution >= 4 is 10.9 Å². The second-order valence-corrected chi connectivity index (χ2v) is 4.63. The van der Waals surface area contributed by atoms with Gasteiger partial charge in [-0.05, 0) is 30.0 Å². The van der Waals surface area contributed by atoms with Crippen LogP contribution in [-0.4, -0.2) is 10.1 Å². The summed E-state index contributed by atoms with van der Waals surface area (Å²) in [6, 6.07) is 9.89. The molecular formula is C15H19NO. The van der Waals surface area contributed by atoms with Gasteiger partial charge in [-0.15, -0.1) is 0 Å². The van der Waals surface area contributed by atoms with Gasteiger partial charge in [-0.1, -0.05) is 38.5 Å². The monoisotopic (exact) mass is 229 g/mol. The van der Waals surface area contributed by atoms with Gasteiger partial charge in [0, 0.05) is 11.6 Å². The van der Waals surface area contributed by atoms with Crippen molar-refractivity contribution in [2.45, 2.75) is 32.8 Å². The minimum atomic E-state index is -0.400. The summed E-state index contributed by atoms with van der Waals surface area (Å²) < 4.78 is 0. The van der Waals surface area contributed by atoms with Crippen LogP contribution in [0, 0.1) is 5.92 Å². The van der Waals surface area contributed by atoms with E-state index < -0.39 is 6.10 Å². The lowest BCUT2D eigenvalue weighted by molar-refractivity contribution is 0.114. The van der Waals surface area contributed by atoms with Crippen LogP contribution in [0.1, 0.15) is 38.4 Å². The average Bonchev–Trinajstić information content (AvgIpc) is 2.37. The number of aromatic nitrogens is 1. The number of hydrogen-bond donors (Lipinski definition) is 1. The molecule has 0 fully saturated rings. The molecule has 0 spiro atoms. The first kappa shape index (κ1) is 12.1. The Bertz CT molecular complexity index is 490. The number of aliphatic hydroxyl groups excluding tert-OH is 1. The number of aliphatic hydroxyl groups is 1. The van der Waals surface area contributed by atoms with Crippen molar-refractivity contribution in [3.05, 3.63) is 42.1 Å². The van der Waals surface area contributed by atoms with E-state index in [4.69, 9.17) is 0 Å². The number of nitrogens with zero attached hydrogens (tertiary/aromatic N) is 1. The van der Waals surface area contributed by atoms with Crippen LogP contribution in [0.4, 0.5) is 0 Å². The number of rotatable bonds is 4. The van der Waals surface area contributed by atoms with Crippen LogP contribution < -0.4 is 0 Å². The Hall–Kier alpha value is -1.41. The Morgan fingerprint density at radius 1 is 1.24 bits per heavy atom. The van der Waals surface area contributed by atoms with Gasteiger partial charge in [0.05, 0.1) is 11.6 Å². The van der Waals surface area contributed by atoms with E-state index in [1.807, 2.05) is 30.3 Å². The van der Waals surface area contributed by atoms with E-state index in [1.54, 1.807) is 6.20 Å². The maximum absolute atomic E-state index is 10.4. The van der Waals surface area contributed by atoms with Crippen LogP contribution >= 0.6 is 0 Å². The quantitative estimate of drug-likeness (QED) is 0.867. The fraction of sp³-hybridized carbons (Fsp3) is 0.400. The Kier molecular flexibility index (Phi) is 3.75. The van der Waals surface area contributed by atoms with Crippen molar-refractivity contribution in [2.75, 3.05) is 0 Å². The van der Waals surface area contributed by atoms with Crippen LogP contribution in [-0.2, 0) is 0 Å². The van der Waals surface area contributed by atoms with Crippen molar-refractivity contribution in [1.29, 1.82) is 0 Å². The van der Waals surface area contributed by atoms with Crippen molar-refractivity contribution in [2.24, 2.45) is 5.92 Å². The second-order valence-electron chi connectivity index (χ2n) is 4.63. The smallest absolute Gasteiger partial charge is 0.0822 e. The fourth-order valence-electron chi connectivity index (χ4n) is 2.30. The van der Waals surface area contributed by atoms with Gasteiger partial charge in [-0.25, -0.2) is 0 Å². The molecule has 0 amide bonds. The molecule has 2 unspecified atom stereocenters. The topological polar surface area (TPSA) is 33.1 Å². The van der Waals surface area contributed by atoms with Crippen molar-refractivity contribution in [1.82, 2.24) is 4.98 Å². The summed E-state index contributed by atoms with van der Waals surface area (Å²) in [5.41, 5.74) is 1.95. The normalized spacial score (nSPS) is 14.8. The van der Waals surface area contributed by atoms with Crippen molar-refractivity contribution in [3.63, 3.8) is 0 Å². The Morgan fingerprint density at radius 3 is 2.82 bits per heavy atom. The lowest BCUT2D eigenvalue weighted by Crippen LogP contribution is -2.09. The van der Waals surface area contributed by atoms with Gasteiger partial charge in [0.1, 0.15) is 0 Å². The van der Waals surface area contributed by atoms with E-state index in [-0.39, 0.29) is 5.92 Å². The summed E-state index contributed by atoms with van der Waals surface area (Å²) in [4.78, 5) is 4.32. The highest BCUT2D eigenvalue weighted by Crippen LogP contribution is 2.30. The number of hydrogen-bond acceptors (Lipinski definition) is 2. The molecule has 2 aromatic rings. The average molecular weight is 229 g/mol. The fourth-order valence-corrected chi connectivity index (χ4v) is 2.30. The Morgan fingerprint density at radius 2 is 2.06 bits per heavy atom. The molecule has 2 rings (SSSR count). The summed E-state index contributed by atoms with van der Waals surface area (Å²) in [6.07, 6.45) is 3.52. The van der Waals surface area contributed by atoms with Gasteiger partial charge in [-0.2, -0.15) is 0 Å². The van der Waals surface area contributed by atoms with E-state index in [0.717, 1.165) is 29.3 Å². The summed E-state index contributed by atoms with van der Waals surface area (Å²) in [5.74, 6) is 0.283. The van der Waals surface area contributed by atoms with E-state index in [0.29, 0.717) is 0 Å². The highest BCUT2D eigenvalue weighted by Gasteiger charge is 2.17. The number of pyridine rings is 1. The molecule has 17 heavy (non-hydrogen) atoms. The molecule has 90 valence electrons.